The first kappa shape index (κ1) is 18.4. The molecule has 0 radical (unpaired) electrons. The van der Waals surface area contributed by atoms with Gasteiger partial charge in [-0.05, 0) is 63.5 Å². The zero-order valence-corrected chi connectivity index (χ0v) is 16.1. The molecule has 0 spiro atoms. The third kappa shape index (κ3) is 4.05. The van der Waals surface area contributed by atoms with E-state index in [-0.39, 0.29) is 5.91 Å². The normalized spacial score (nSPS) is 23.2. The van der Waals surface area contributed by atoms with Gasteiger partial charge in [0, 0.05) is 17.6 Å². The average molecular weight is 366 g/mol. The van der Waals surface area contributed by atoms with Crippen molar-refractivity contribution in [3.05, 3.63) is 22.7 Å². The Bertz CT molecular complexity index is 622. The van der Waals surface area contributed by atoms with Crippen LogP contribution in [-0.4, -0.2) is 36.6 Å². The Morgan fingerprint density at radius 2 is 1.76 bits per heavy atom. The summed E-state index contributed by atoms with van der Waals surface area (Å²) in [5.41, 5.74) is 0.593. The summed E-state index contributed by atoms with van der Waals surface area (Å²) in [4.78, 5) is 15.4. The lowest BCUT2D eigenvalue weighted by atomic mass is 9.86. The van der Waals surface area contributed by atoms with Crippen LogP contribution in [0.1, 0.15) is 62.7 Å². The van der Waals surface area contributed by atoms with Crippen molar-refractivity contribution in [1.29, 1.82) is 0 Å². The van der Waals surface area contributed by atoms with Crippen molar-refractivity contribution in [3.8, 4) is 11.5 Å². The highest BCUT2D eigenvalue weighted by Crippen LogP contribution is 2.40. The second-order valence-electron chi connectivity index (χ2n) is 7.28. The molecule has 1 amide bonds. The number of benzene rings is 1. The summed E-state index contributed by atoms with van der Waals surface area (Å²) in [5.74, 6) is 1.87. The number of ether oxygens (including phenoxy) is 2. The number of amides is 1. The van der Waals surface area contributed by atoms with Gasteiger partial charge in [-0.1, -0.05) is 18.5 Å². The number of halogens is 1. The minimum absolute atomic E-state index is 0.0744. The van der Waals surface area contributed by atoms with Crippen LogP contribution in [-0.2, 0) is 0 Å². The molecule has 2 fully saturated rings. The van der Waals surface area contributed by atoms with Gasteiger partial charge in [-0.2, -0.15) is 0 Å². The second-order valence-corrected chi connectivity index (χ2v) is 7.69. The predicted octanol–water partition coefficient (Wildman–Crippen LogP) is 4.93. The Balaban J connectivity index is 1.86. The molecular formula is C20H28ClNO3. The first-order valence-electron chi connectivity index (χ1n) is 9.38. The standard InChI is InChI=1S/C20H28ClNO3/c1-4-25-19-17(21)11-14(12-18(19)24-3)20(23)22(16-9-10-16)15-7-5-13(2)6-8-15/h11-13,15-16H,4-10H2,1-3H3. The van der Waals surface area contributed by atoms with Crippen LogP contribution in [0.2, 0.25) is 5.02 Å². The zero-order chi connectivity index (χ0) is 18.0. The van der Waals surface area contributed by atoms with E-state index >= 15 is 0 Å². The SMILES string of the molecule is CCOc1c(Cl)cc(C(=O)N(C2CCC(C)CC2)C2CC2)cc1OC. The molecule has 4 nitrogen and oxygen atoms in total. The summed E-state index contributed by atoms with van der Waals surface area (Å²) in [7, 11) is 1.57. The van der Waals surface area contributed by atoms with E-state index < -0.39 is 0 Å². The van der Waals surface area contributed by atoms with Gasteiger partial charge in [0.25, 0.3) is 5.91 Å². The van der Waals surface area contributed by atoms with Gasteiger partial charge in [-0.3, -0.25) is 4.79 Å². The lowest BCUT2D eigenvalue weighted by molar-refractivity contribution is 0.0592. The summed E-state index contributed by atoms with van der Waals surface area (Å²) in [6.07, 6.45) is 6.83. The highest BCUT2D eigenvalue weighted by atomic mass is 35.5. The van der Waals surface area contributed by atoms with E-state index in [0.717, 1.165) is 31.6 Å². The minimum Gasteiger partial charge on any atom is -0.493 e. The molecule has 3 rings (SSSR count). The van der Waals surface area contributed by atoms with E-state index in [0.29, 0.717) is 40.8 Å². The molecule has 5 heteroatoms. The van der Waals surface area contributed by atoms with Gasteiger partial charge in [0.05, 0.1) is 18.7 Å². The Morgan fingerprint density at radius 3 is 2.28 bits per heavy atom. The van der Waals surface area contributed by atoms with Crippen molar-refractivity contribution in [2.24, 2.45) is 5.92 Å². The van der Waals surface area contributed by atoms with Gasteiger partial charge in [0.15, 0.2) is 11.5 Å². The van der Waals surface area contributed by atoms with E-state index in [1.807, 2.05) is 6.92 Å². The fourth-order valence-electron chi connectivity index (χ4n) is 3.78. The number of hydrogen-bond donors (Lipinski definition) is 0. The van der Waals surface area contributed by atoms with Gasteiger partial charge >= 0.3 is 0 Å². The molecule has 0 aliphatic heterocycles. The van der Waals surface area contributed by atoms with Crippen molar-refractivity contribution in [2.75, 3.05) is 13.7 Å². The van der Waals surface area contributed by atoms with E-state index in [1.165, 1.54) is 12.8 Å². The van der Waals surface area contributed by atoms with Gasteiger partial charge in [0.1, 0.15) is 0 Å². The maximum Gasteiger partial charge on any atom is 0.254 e. The Hall–Kier alpha value is -1.42. The fraction of sp³-hybridized carbons (Fsp3) is 0.650. The molecule has 0 atom stereocenters. The summed E-state index contributed by atoms with van der Waals surface area (Å²) >= 11 is 6.37. The summed E-state index contributed by atoms with van der Waals surface area (Å²) in [6.45, 7) is 4.70. The number of hydrogen-bond acceptors (Lipinski definition) is 3. The van der Waals surface area contributed by atoms with E-state index in [9.17, 15) is 4.79 Å². The molecule has 138 valence electrons. The summed E-state index contributed by atoms with van der Waals surface area (Å²) in [5, 5.41) is 0.428. The largest absolute Gasteiger partial charge is 0.493 e. The number of nitrogens with zero attached hydrogens (tertiary/aromatic N) is 1. The summed E-state index contributed by atoms with van der Waals surface area (Å²) < 4.78 is 11.0. The molecule has 0 saturated heterocycles. The zero-order valence-electron chi connectivity index (χ0n) is 15.4. The lowest BCUT2D eigenvalue weighted by Gasteiger charge is -2.36. The first-order valence-corrected chi connectivity index (χ1v) is 9.75. The smallest absolute Gasteiger partial charge is 0.254 e. The van der Waals surface area contributed by atoms with Crippen LogP contribution >= 0.6 is 11.6 Å². The third-order valence-corrected chi connectivity index (χ3v) is 5.60. The number of rotatable bonds is 6. The van der Waals surface area contributed by atoms with Crippen LogP contribution in [0, 0.1) is 5.92 Å². The Kier molecular flexibility index (Phi) is 5.78. The molecule has 0 bridgehead atoms. The van der Waals surface area contributed by atoms with E-state index in [1.54, 1.807) is 19.2 Å². The monoisotopic (exact) mass is 365 g/mol. The molecule has 1 aromatic carbocycles. The Labute approximate surface area is 155 Å². The van der Waals surface area contributed by atoms with Gasteiger partial charge in [-0.25, -0.2) is 0 Å². The topological polar surface area (TPSA) is 38.8 Å². The molecule has 0 aromatic heterocycles. The van der Waals surface area contributed by atoms with Crippen molar-refractivity contribution in [3.63, 3.8) is 0 Å². The predicted molar refractivity (Wildman–Crippen MR) is 99.8 cm³/mol. The van der Waals surface area contributed by atoms with Crippen LogP contribution in [0.25, 0.3) is 0 Å². The average Bonchev–Trinajstić information content (AvgIpc) is 3.43. The van der Waals surface area contributed by atoms with E-state index in [4.69, 9.17) is 21.1 Å². The quantitative estimate of drug-likeness (QED) is 0.717. The molecular weight excluding hydrogens is 338 g/mol. The van der Waals surface area contributed by atoms with Gasteiger partial charge in [-0.15, -0.1) is 0 Å². The summed E-state index contributed by atoms with van der Waals surface area (Å²) in [6, 6.07) is 4.23. The fourth-order valence-corrected chi connectivity index (χ4v) is 4.05. The highest BCUT2D eigenvalue weighted by molar-refractivity contribution is 6.32. The number of carbonyl (C=O) groups is 1. The third-order valence-electron chi connectivity index (χ3n) is 5.32. The number of methoxy groups -OCH3 is 1. The van der Waals surface area contributed by atoms with Crippen molar-refractivity contribution < 1.29 is 14.3 Å². The highest BCUT2D eigenvalue weighted by Gasteiger charge is 2.39. The van der Waals surface area contributed by atoms with Crippen LogP contribution in [0.4, 0.5) is 0 Å². The molecule has 0 heterocycles. The van der Waals surface area contributed by atoms with Gasteiger partial charge < -0.3 is 14.4 Å². The van der Waals surface area contributed by atoms with Crippen LogP contribution in [0.5, 0.6) is 11.5 Å². The van der Waals surface area contributed by atoms with Crippen LogP contribution < -0.4 is 9.47 Å². The first-order chi connectivity index (χ1) is 12.0. The maximum atomic E-state index is 13.3. The number of carbonyl (C=O) groups excluding carboxylic acids is 1. The minimum atomic E-state index is 0.0744. The molecule has 2 saturated carbocycles. The van der Waals surface area contributed by atoms with Crippen LogP contribution in [0.15, 0.2) is 12.1 Å². The maximum absolute atomic E-state index is 13.3. The van der Waals surface area contributed by atoms with Crippen molar-refractivity contribution >= 4 is 17.5 Å². The molecule has 1 aromatic rings. The second kappa shape index (κ2) is 7.86. The van der Waals surface area contributed by atoms with Crippen molar-refractivity contribution in [1.82, 2.24) is 4.90 Å². The Morgan fingerprint density at radius 1 is 1.16 bits per heavy atom. The van der Waals surface area contributed by atoms with Crippen molar-refractivity contribution in [2.45, 2.75) is 64.5 Å². The molecule has 0 N–H and O–H groups in total. The van der Waals surface area contributed by atoms with E-state index in [2.05, 4.69) is 11.8 Å². The molecule has 2 aliphatic carbocycles. The van der Waals surface area contributed by atoms with Crippen LogP contribution in [0.3, 0.4) is 0 Å². The molecule has 2 aliphatic rings. The molecule has 0 unspecified atom stereocenters. The lowest BCUT2D eigenvalue weighted by Crippen LogP contribution is -2.43. The molecule has 25 heavy (non-hydrogen) atoms. The van der Waals surface area contributed by atoms with Gasteiger partial charge in [0.2, 0.25) is 0 Å².